The minimum atomic E-state index is -0.293. The van der Waals surface area contributed by atoms with E-state index in [1.807, 2.05) is 44.2 Å². The molecular weight excluding hydrogens is 292 g/mol. The van der Waals surface area contributed by atoms with E-state index >= 15 is 0 Å². The smallest absolute Gasteiger partial charge is 0.225 e. The summed E-state index contributed by atoms with van der Waals surface area (Å²) in [5, 5.41) is 3.09. The van der Waals surface area contributed by atoms with Crippen LogP contribution in [0.4, 0.5) is 0 Å². The lowest BCUT2D eigenvalue weighted by atomic mass is 9.94. The number of rotatable bonds is 5. The minimum absolute atomic E-state index is 0.00266. The number of carbonyl (C=O) groups excluding carboxylic acids is 1. The highest BCUT2D eigenvalue weighted by atomic mass is 32.1. The quantitative estimate of drug-likeness (QED) is 0.879. The molecule has 3 unspecified atom stereocenters. The highest BCUT2D eigenvalue weighted by Gasteiger charge is 2.24. The summed E-state index contributed by atoms with van der Waals surface area (Å²) in [6, 6.07) is 11.6. The van der Waals surface area contributed by atoms with E-state index in [4.69, 9.17) is 5.73 Å². The summed E-state index contributed by atoms with van der Waals surface area (Å²) in [5.41, 5.74) is 8.41. The molecule has 3 atom stereocenters. The Balaban J connectivity index is 2.03. The first-order valence-corrected chi connectivity index (χ1v) is 8.39. The average molecular weight is 316 g/mol. The fourth-order valence-corrected chi connectivity index (χ4v) is 3.65. The van der Waals surface area contributed by atoms with Crippen LogP contribution in [-0.2, 0) is 4.79 Å². The maximum atomic E-state index is 12.5. The summed E-state index contributed by atoms with van der Waals surface area (Å²) in [5.74, 6) is -0.281. The van der Waals surface area contributed by atoms with Crippen LogP contribution >= 0.6 is 11.3 Å². The lowest BCUT2D eigenvalue weighted by molar-refractivity contribution is -0.125. The molecule has 0 saturated heterocycles. The zero-order chi connectivity index (χ0) is 16.3. The fraction of sp³-hybridized carbons (Fsp3) is 0.389. The van der Waals surface area contributed by atoms with Crippen molar-refractivity contribution in [3.05, 3.63) is 57.3 Å². The molecule has 0 radical (unpaired) electrons. The van der Waals surface area contributed by atoms with Gasteiger partial charge in [-0.1, -0.05) is 37.3 Å². The second kappa shape index (κ2) is 7.07. The number of amides is 1. The van der Waals surface area contributed by atoms with Gasteiger partial charge in [0.25, 0.3) is 0 Å². The summed E-state index contributed by atoms with van der Waals surface area (Å²) in [7, 11) is 0. The summed E-state index contributed by atoms with van der Waals surface area (Å²) in [6.07, 6.45) is 0. The Morgan fingerprint density at radius 2 is 1.82 bits per heavy atom. The molecule has 1 aromatic heterocycles. The Bertz CT molecular complexity index is 636. The van der Waals surface area contributed by atoms with Crippen LogP contribution in [0.3, 0.4) is 0 Å². The van der Waals surface area contributed by atoms with Crippen molar-refractivity contribution in [2.75, 3.05) is 0 Å². The molecule has 0 aliphatic carbocycles. The summed E-state index contributed by atoms with van der Waals surface area (Å²) in [4.78, 5) is 15.0. The Morgan fingerprint density at radius 3 is 2.36 bits per heavy atom. The van der Waals surface area contributed by atoms with Crippen LogP contribution in [0, 0.1) is 19.8 Å². The SMILES string of the molecule is Cc1cc(C(C)NC(=O)C(C)C(N)c2ccccc2)c(C)s1. The molecule has 3 nitrogen and oxygen atoms in total. The van der Waals surface area contributed by atoms with Gasteiger partial charge < -0.3 is 11.1 Å². The number of hydrogen-bond acceptors (Lipinski definition) is 3. The standard InChI is InChI=1S/C18H24N2OS/c1-11-10-16(14(4)22-11)13(3)20-18(21)12(2)17(19)15-8-6-5-7-9-15/h5-10,12-13,17H,19H2,1-4H3,(H,20,21). The van der Waals surface area contributed by atoms with Gasteiger partial charge in [-0.3, -0.25) is 4.79 Å². The van der Waals surface area contributed by atoms with Gasteiger partial charge in [0.05, 0.1) is 12.0 Å². The van der Waals surface area contributed by atoms with E-state index in [0.29, 0.717) is 0 Å². The van der Waals surface area contributed by atoms with E-state index in [-0.39, 0.29) is 23.9 Å². The van der Waals surface area contributed by atoms with Crippen LogP contribution < -0.4 is 11.1 Å². The van der Waals surface area contributed by atoms with E-state index in [0.717, 1.165) is 5.56 Å². The average Bonchev–Trinajstić information content (AvgIpc) is 2.85. The third-order valence-corrected chi connectivity index (χ3v) is 5.02. The molecule has 0 saturated carbocycles. The molecule has 1 heterocycles. The van der Waals surface area contributed by atoms with Crippen LogP contribution in [0.1, 0.15) is 46.8 Å². The van der Waals surface area contributed by atoms with Crippen molar-refractivity contribution in [3.63, 3.8) is 0 Å². The van der Waals surface area contributed by atoms with Gasteiger partial charge in [0, 0.05) is 15.8 Å². The number of benzene rings is 1. The first-order valence-electron chi connectivity index (χ1n) is 7.58. The van der Waals surface area contributed by atoms with Crippen molar-refractivity contribution in [1.29, 1.82) is 0 Å². The van der Waals surface area contributed by atoms with Crippen molar-refractivity contribution >= 4 is 17.2 Å². The number of nitrogens with two attached hydrogens (primary N) is 1. The van der Waals surface area contributed by atoms with Crippen molar-refractivity contribution in [2.45, 2.75) is 39.8 Å². The predicted molar refractivity (Wildman–Crippen MR) is 92.9 cm³/mol. The van der Waals surface area contributed by atoms with Gasteiger partial charge in [0.2, 0.25) is 5.91 Å². The zero-order valence-corrected chi connectivity index (χ0v) is 14.4. The third-order valence-electron chi connectivity index (χ3n) is 4.04. The van der Waals surface area contributed by atoms with Gasteiger partial charge in [-0.15, -0.1) is 11.3 Å². The maximum absolute atomic E-state index is 12.5. The molecule has 4 heteroatoms. The first kappa shape index (κ1) is 16.7. The number of hydrogen-bond donors (Lipinski definition) is 2. The lowest BCUT2D eigenvalue weighted by Gasteiger charge is -2.22. The van der Waals surface area contributed by atoms with Crippen LogP contribution in [-0.4, -0.2) is 5.91 Å². The summed E-state index contributed by atoms with van der Waals surface area (Å²) >= 11 is 1.76. The predicted octanol–water partition coefficient (Wildman–Crippen LogP) is 3.88. The highest BCUT2D eigenvalue weighted by Crippen LogP contribution is 2.27. The van der Waals surface area contributed by atoms with E-state index in [9.17, 15) is 4.79 Å². The van der Waals surface area contributed by atoms with Crippen LogP contribution in [0.15, 0.2) is 36.4 Å². The van der Waals surface area contributed by atoms with E-state index in [2.05, 4.69) is 25.2 Å². The van der Waals surface area contributed by atoms with Crippen molar-refractivity contribution in [2.24, 2.45) is 11.7 Å². The van der Waals surface area contributed by atoms with Gasteiger partial charge in [0.15, 0.2) is 0 Å². The molecule has 1 aromatic carbocycles. The topological polar surface area (TPSA) is 55.1 Å². The van der Waals surface area contributed by atoms with Gasteiger partial charge in [-0.2, -0.15) is 0 Å². The van der Waals surface area contributed by atoms with Crippen molar-refractivity contribution in [3.8, 4) is 0 Å². The lowest BCUT2D eigenvalue weighted by Crippen LogP contribution is -2.36. The van der Waals surface area contributed by atoms with E-state index in [1.165, 1.54) is 15.3 Å². The molecule has 0 aliphatic rings. The molecule has 0 spiro atoms. The number of nitrogens with one attached hydrogen (secondary N) is 1. The Kier molecular flexibility index (Phi) is 5.37. The molecule has 0 fully saturated rings. The second-order valence-corrected chi connectivity index (χ2v) is 7.28. The number of carbonyl (C=O) groups is 1. The van der Waals surface area contributed by atoms with Gasteiger partial charge in [-0.05, 0) is 38.0 Å². The van der Waals surface area contributed by atoms with Gasteiger partial charge >= 0.3 is 0 Å². The molecule has 2 rings (SSSR count). The maximum Gasteiger partial charge on any atom is 0.225 e. The van der Waals surface area contributed by atoms with Gasteiger partial charge in [0.1, 0.15) is 0 Å². The number of aryl methyl sites for hydroxylation is 2. The summed E-state index contributed by atoms with van der Waals surface area (Å²) < 4.78 is 0. The third kappa shape index (κ3) is 3.76. The number of thiophene rings is 1. The molecule has 118 valence electrons. The van der Waals surface area contributed by atoms with Crippen LogP contribution in [0.5, 0.6) is 0 Å². The molecular formula is C18H24N2OS. The van der Waals surface area contributed by atoms with E-state index < -0.39 is 0 Å². The highest BCUT2D eigenvalue weighted by molar-refractivity contribution is 7.12. The van der Waals surface area contributed by atoms with Crippen LogP contribution in [0.25, 0.3) is 0 Å². The monoisotopic (exact) mass is 316 g/mol. The largest absolute Gasteiger partial charge is 0.349 e. The Labute approximate surface area is 136 Å². The fourth-order valence-electron chi connectivity index (χ4n) is 2.63. The first-order chi connectivity index (χ1) is 10.4. The molecule has 22 heavy (non-hydrogen) atoms. The minimum Gasteiger partial charge on any atom is -0.349 e. The van der Waals surface area contributed by atoms with Gasteiger partial charge in [-0.25, -0.2) is 0 Å². The van der Waals surface area contributed by atoms with E-state index in [1.54, 1.807) is 11.3 Å². The zero-order valence-electron chi connectivity index (χ0n) is 13.6. The molecule has 2 aromatic rings. The molecule has 0 bridgehead atoms. The Hall–Kier alpha value is -1.65. The normalized spacial score (nSPS) is 15.1. The molecule has 3 N–H and O–H groups in total. The second-order valence-electron chi connectivity index (χ2n) is 5.82. The molecule has 0 aliphatic heterocycles. The molecule has 1 amide bonds. The van der Waals surface area contributed by atoms with Crippen molar-refractivity contribution < 1.29 is 4.79 Å². The van der Waals surface area contributed by atoms with Crippen LogP contribution in [0.2, 0.25) is 0 Å². The Morgan fingerprint density at radius 1 is 1.18 bits per heavy atom. The van der Waals surface area contributed by atoms with Crippen molar-refractivity contribution in [1.82, 2.24) is 5.32 Å². The summed E-state index contributed by atoms with van der Waals surface area (Å²) in [6.45, 7) is 8.08.